The second-order valence-electron chi connectivity index (χ2n) is 4.54. The van der Waals surface area contributed by atoms with Crippen LogP contribution in [0.25, 0.3) is 0 Å². The van der Waals surface area contributed by atoms with E-state index in [9.17, 15) is 4.79 Å². The Hall–Kier alpha value is -1.35. The fourth-order valence-electron chi connectivity index (χ4n) is 2.12. The van der Waals surface area contributed by atoms with E-state index >= 15 is 0 Å². The molecule has 0 aliphatic carbocycles. The van der Waals surface area contributed by atoms with Gasteiger partial charge in [0.2, 0.25) is 0 Å². The van der Waals surface area contributed by atoms with Crippen LogP contribution in [0.5, 0.6) is 0 Å². The highest BCUT2D eigenvalue weighted by atomic mass is 16.1. The van der Waals surface area contributed by atoms with Crippen LogP contribution in [0.15, 0.2) is 30.3 Å². The molecule has 16 heavy (non-hydrogen) atoms. The van der Waals surface area contributed by atoms with Gasteiger partial charge in [0.1, 0.15) is 0 Å². The maximum Gasteiger partial charge on any atom is 0.251 e. The third-order valence-corrected chi connectivity index (χ3v) is 2.94. The van der Waals surface area contributed by atoms with Crippen molar-refractivity contribution >= 4 is 5.91 Å². The lowest BCUT2D eigenvalue weighted by Crippen LogP contribution is -2.48. The monoisotopic (exact) mass is 218 g/mol. The molecule has 1 amide bonds. The normalized spacial score (nSPS) is 25.1. The summed E-state index contributed by atoms with van der Waals surface area (Å²) in [6, 6.07) is 9.63. The van der Waals surface area contributed by atoms with Gasteiger partial charge in [-0.05, 0) is 31.0 Å². The molecule has 1 aliphatic heterocycles. The number of hydrogen-bond donors (Lipinski definition) is 2. The number of benzene rings is 1. The summed E-state index contributed by atoms with van der Waals surface area (Å²) in [5, 5.41) is 6.39. The van der Waals surface area contributed by atoms with E-state index in [1.165, 1.54) is 0 Å². The van der Waals surface area contributed by atoms with Crippen molar-refractivity contribution in [1.82, 2.24) is 10.6 Å². The molecular weight excluding hydrogens is 200 g/mol. The molecule has 2 rings (SSSR count). The summed E-state index contributed by atoms with van der Waals surface area (Å²) in [5.41, 5.74) is 0.737. The SMILES string of the molecule is CC1CNCC(NC(=O)c2ccccc2)C1. The lowest BCUT2D eigenvalue weighted by Gasteiger charge is -2.28. The summed E-state index contributed by atoms with van der Waals surface area (Å²) >= 11 is 0. The first-order valence-electron chi connectivity index (χ1n) is 5.82. The predicted molar refractivity (Wildman–Crippen MR) is 64.3 cm³/mol. The zero-order valence-electron chi connectivity index (χ0n) is 9.57. The van der Waals surface area contributed by atoms with Crippen LogP contribution >= 0.6 is 0 Å². The molecule has 1 aromatic carbocycles. The molecule has 0 radical (unpaired) electrons. The topological polar surface area (TPSA) is 41.1 Å². The number of carbonyl (C=O) groups excluding carboxylic acids is 1. The van der Waals surface area contributed by atoms with E-state index in [4.69, 9.17) is 0 Å². The van der Waals surface area contributed by atoms with E-state index < -0.39 is 0 Å². The third kappa shape index (κ3) is 2.83. The molecule has 3 nitrogen and oxygen atoms in total. The molecule has 1 aromatic rings. The molecule has 0 saturated carbocycles. The molecule has 1 fully saturated rings. The number of carbonyl (C=O) groups is 1. The highest BCUT2D eigenvalue weighted by molar-refractivity contribution is 5.94. The summed E-state index contributed by atoms with van der Waals surface area (Å²) in [6.07, 6.45) is 1.06. The average molecular weight is 218 g/mol. The molecule has 2 N–H and O–H groups in total. The second kappa shape index (κ2) is 5.12. The molecule has 1 heterocycles. The van der Waals surface area contributed by atoms with E-state index in [1.807, 2.05) is 30.3 Å². The third-order valence-electron chi connectivity index (χ3n) is 2.94. The smallest absolute Gasteiger partial charge is 0.251 e. The number of nitrogens with one attached hydrogen (secondary N) is 2. The van der Waals surface area contributed by atoms with Gasteiger partial charge in [-0.1, -0.05) is 25.1 Å². The maximum atomic E-state index is 11.9. The van der Waals surface area contributed by atoms with Crippen molar-refractivity contribution in [3.63, 3.8) is 0 Å². The van der Waals surface area contributed by atoms with Gasteiger partial charge in [-0.25, -0.2) is 0 Å². The minimum Gasteiger partial charge on any atom is -0.348 e. The fourth-order valence-corrected chi connectivity index (χ4v) is 2.12. The van der Waals surface area contributed by atoms with Crippen molar-refractivity contribution < 1.29 is 4.79 Å². The molecule has 2 atom stereocenters. The first-order valence-corrected chi connectivity index (χ1v) is 5.82. The van der Waals surface area contributed by atoms with Gasteiger partial charge in [-0.15, -0.1) is 0 Å². The lowest BCUT2D eigenvalue weighted by molar-refractivity contribution is 0.0925. The van der Waals surface area contributed by atoms with Crippen molar-refractivity contribution in [1.29, 1.82) is 0 Å². The highest BCUT2D eigenvalue weighted by Gasteiger charge is 2.20. The fraction of sp³-hybridized carbons (Fsp3) is 0.462. The molecule has 2 unspecified atom stereocenters. The van der Waals surface area contributed by atoms with Crippen molar-refractivity contribution in [3.8, 4) is 0 Å². The van der Waals surface area contributed by atoms with E-state index in [0.29, 0.717) is 5.92 Å². The van der Waals surface area contributed by atoms with Gasteiger partial charge in [0.15, 0.2) is 0 Å². The summed E-state index contributed by atoms with van der Waals surface area (Å²) in [5.74, 6) is 0.663. The van der Waals surface area contributed by atoms with Gasteiger partial charge >= 0.3 is 0 Å². The van der Waals surface area contributed by atoms with Crippen LogP contribution in [0.4, 0.5) is 0 Å². The Morgan fingerprint density at radius 2 is 2.06 bits per heavy atom. The number of amides is 1. The largest absolute Gasteiger partial charge is 0.348 e. The van der Waals surface area contributed by atoms with Crippen LogP contribution in [-0.2, 0) is 0 Å². The summed E-state index contributed by atoms with van der Waals surface area (Å²) in [4.78, 5) is 11.9. The zero-order valence-corrected chi connectivity index (χ0v) is 9.57. The second-order valence-corrected chi connectivity index (χ2v) is 4.54. The molecule has 1 aliphatic rings. The van der Waals surface area contributed by atoms with Crippen LogP contribution in [-0.4, -0.2) is 25.0 Å². The Bertz CT molecular complexity index is 350. The Morgan fingerprint density at radius 1 is 1.31 bits per heavy atom. The number of rotatable bonds is 2. The van der Waals surface area contributed by atoms with Gasteiger partial charge in [-0.2, -0.15) is 0 Å². The van der Waals surface area contributed by atoms with Crippen LogP contribution < -0.4 is 10.6 Å². The Kier molecular flexibility index (Phi) is 3.57. The standard InChI is InChI=1S/C13H18N2O/c1-10-7-12(9-14-8-10)15-13(16)11-5-3-2-4-6-11/h2-6,10,12,14H,7-9H2,1H3,(H,15,16). The van der Waals surface area contributed by atoms with Crippen molar-refractivity contribution in [2.45, 2.75) is 19.4 Å². The quantitative estimate of drug-likeness (QED) is 0.788. The van der Waals surface area contributed by atoms with Crippen LogP contribution in [0, 0.1) is 5.92 Å². The summed E-state index contributed by atoms with van der Waals surface area (Å²) < 4.78 is 0. The van der Waals surface area contributed by atoms with Crippen molar-refractivity contribution in [3.05, 3.63) is 35.9 Å². The zero-order chi connectivity index (χ0) is 11.4. The van der Waals surface area contributed by atoms with Crippen LogP contribution in [0.1, 0.15) is 23.7 Å². The van der Waals surface area contributed by atoms with Crippen molar-refractivity contribution in [2.24, 2.45) is 5.92 Å². The minimum absolute atomic E-state index is 0.0292. The summed E-state index contributed by atoms with van der Waals surface area (Å²) in [6.45, 7) is 4.13. The van der Waals surface area contributed by atoms with Crippen molar-refractivity contribution in [2.75, 3.05) is 13.1 Å². The Balaban J connectivity index is 1.92. The van der Waals surface area contributed by atoms with Crippen LogP contribution in [0.2, 0.25) is 0 Å². The minimum atomic E-state index is 0.0292. The Labute approximate surface area is 96.2 Å². The van der Waals surface area contributed by atoms with Gasteiger partial charge in [0.25, 0.3) is 5.91 Å². The molecule has 1 saturated heterocycles. The summed E-state index contributed by atoms with van der Waals surface area (Å²) in [7, 11) is 0. The van der Waals surface area contributed by atoms with Gasteiger partial charge in [-0.3, -0.25) is 4.79 Å². The number of piperidine rings is 1. The number of hydrogen-bond acceptors (Lipinski definition) is 2. The van der Waals surface area contributed by atoms with E-state index in [2.05, 4.69) is 17.6 Å². The van der Waals surface area contributed by atoms with Gasteiger partial charge in [0.05, 0.1) is 0 Å². The molecule has 0 spiro atoms. The Morgan fingerprint density at radius 3 is 2.75 bits per heavy atom. The first kappa shape index (κ1) is 11.1. The predicted octanol–water partition coefficient (Wildman–Crippen LogP) is 1.41. The molecule has 0 aromatic heterocycles. The highest BCUT2D eigenvalue weighted by Crippen LogP contribution is 2.10. The first-order chi connectivity index (χ1) is 7.75. The van der Waals surface area contributed by atoms with Gasteiger partial charge < -0.3 is 10.6 Å². The van der Waals surface area contributed by atoms with E-state index in [0.717, 1.165) is 25.1 Å². The average Bonchev–Trinajstić information content (AvgIpc) is 2.30. The maximum absolute atomic E-state index is 11.9. The van der Waals surface area contributed by atoms with E-state index in [-0.39, 0.29) is 11.9 Å². The molecule has 0 bridgehead atoms. The van der Waals surface area contributed by atoms with E-state index in [1.54, 1.807) is 0 Å². The van der Waals surface area contributed by atoms with Gasteiger partial charge in [0, 0.05) is 18.2 Å². The molecule has 3 heteroatoms. The molecule has 86 valence electrons. The molecular formula is C13H18N2O. The van der Waals surface area contributed by atoms with Crippen LogP contribution in [0.3, 0.4) is 0 Å². The lowest BCUT2D eigenvalue weighted by atomic mass is 9.97.